The van der Waals surface area contributed by atoms with Gasteiger partial charge in [-0.25, -0.2) is 4.79 Å². The third-order valence-electron chi connectivity index (χ3n) is 2.21. The predicted octanol–water partition coefficient (Wildman–Crippen LogP) is 3.73. The number of hydrogen-bond acceptors (Lipinski definition) is 1. The van der Waals surface area contributed by atoms with Gasteiger partial charge in [-0.2, -0.15) is 26.3 Å². The molecule has 18 heavy (non-hydrogen) atoms. The lowest BCUT2D eigenvalue weighted by atomic mass is 9.95. The van der Waals surface area contributed by atoms with Gasteiger partial charge >= 0.3 is 18.3 Å². The summed E-state index contributed by atoms with van der Waals surface area (Å²) >= 11 is 0. The molecule has 0 heterocycles. The van der Waals surface area contributed by atoms with Gasteiger partial charge in [0.2, 0.25) is 0 Å². The van der Waals surface area contributed by atoms with Crippen molar-refractivity contribution in [3.05, 3.63) is 34.4 Å². The first-order valence-corrected chi connectivity index (χ1v) is 4.47. The molecule has 0 fully saturated rings. The number of carbonyl (C=O) groups is 1. The molecule has 1 rings (SSSR count). The molecule has 0 aliphatic carbocycles. The molecule has 0 saturated carbocycles. The van der Waals surface area contributed by atoms with Crippen molar-refractivity contribution in [1.29, 1.82) is 0 Å². The van der Waals surface area contributed by atoms with E-state index in [9.17, 15) is 31.1 Å². The zero-order valence-electron chi connectivity index (χ0n) is 8.78. The first-order valence-electron chi connectivity index (χ1n) is 4.47. The monoisotopic (exact) mass is 272 g/mol. The Morgan fingerprint density at radius 1 is 1.00 bits per heavy atom. The first kappa shape index (κ1) is 14.3. The number of carboxylic acids is 1. The molecule has 0 aliphatic heterocycles. The third-order valence-corrected chi connectivity index (χ3v) is 2.21. The maximum atomic E-state index is 12.6. The zero-order chi connectivity index (χ0) is 14.3. The van der Waals surface area contributed by atoms with E-state index < -0.39 is 40.6 Å². The van der Waals surface area contributed by atoms with Crippen LogP contribution in [0.2, 0.25) is 0 Å². The number of alkyl halides is 6. The van der Waals surface area contributed by atoms with Crippen LogP contribution in [0, 0.1) is 6.92 Å². The Hall–Kier alpha value is -1.73. The van der Waals surface area contributed by atoms with E-state index in [1.807, 2.05) is 0 Å². The molecule has 0 unspecified atom stereocenters. The maximum Gasteiger partial charge on any atom is 0.417 e. The predicted molar refractivity (Wildman–Crippen MR) is 48.1 cm³/mol. The zero-order valence-corrected chi connectivity index (χ0v) is 8.78. The molecular formula is C10H6F6O2. The lowest BCUT2D eigenvalue weighted by molar-refractivity contribution is -0.162. The third kappa shape index (κ3) is 2.57. The van der Waals surface area contributed by atoms with Crippen LogP contribution in [0.3, 0.4) is 0 Å². The second kappa shape index (κ2) is 4.18. The minimum Gasteiger partial charge on any atom is -0.478 e. The van der Waals surface area contributed by atoms with Gasteiger partial charge in [-0.05, 0) is 18.6 Å². The highest BCUT2D eigenvalue weighted by Crippen LogP contribution is 2.43. The van der Waals surface area contributed by atoms with E-state index in [-0.39, 0.29) is 0 Å². The molecule has 0 saturated heterocycles. The summed E-state index contributed by atoms with van der Waals surface area (Å²) in [4.78, 5) is 10.6. The molecule has 0 aromatic heterocycles. The standard InChI is InChI=1S/C10H6F6O2/c1-4-2-3-5(8(17)18)7(10(14,15)16)6(4)9(11,12)13/h2-3H,1H3,(H,17,18). The lowest BCUT2D eigenvalue weighted by Crippen LogP contribution is -2.22. The normalized spacial score (nSPS) is 12.6. The van der Waals surface area contributed by atoms with Crippen molar-refractivity contribution in [3.8, 4) is 0 Å². The fourth-order valence-electron chi connectivity index (χ4n) is 1.54. The number of aryl methyl sites for hydroxylation is 1. The first-order chi connectivity index (χ1) is 7.96. The van der Waals surface area contributed by atoms with Crippen LogP contribution in [-0.4, -0.2) is 11.1 Å². The van der Waals surface area contributed by atoms with E-state index in [0.29, 0.717) is 12.1 Å². The molecule has 0 bridgehead atoms. The number of carboxylic acid groups (broad SMARTS) is 1. The maximum absolute atomic E-state index is 12.6. The van der Waals surface area contributed by atoms with Crippen LogP contribution in [0.1, 0.15) is 27.0 Å². The fourth-order valence-corrected chi connectivity index (χ4v) is 1.54. The highest BCUT2D eigenvalue weighted by atomic mass is 19.4. The van der Waals surface area contributed by atoms with Gasteiger partial charge in [0.05, 0.1) is 16.7 Å². The quantitative estimate of drug-likeness (QED) is 0.791. The van der Waals surface area contributed by atoms with Gasteiger partial charge in [0.15, 0.2) is 0 Å². The van der Waals surface area contributed by atoms with E-state index in [4.69, 9.17) is 5.11 Å². The largest absolute Gasteiger partial charge is 0.478 e. The average molecular weight is 272 g/mol. The number of hydrogen-bond donors (Lipinski definition) is 1. The van der Waals surface area contributed by atoms with E-state index in [0.717, 1.165) is 6.92 Å². The molecule has 8 heteroatoms. The van der Waals surface area contributed by atoms with Crippen LogP contribution in [-0.2, 0) is 12.4 Å². The highest BCUT2D eigenvalue weighted by molar-refractivity contribution is 5.90. The smallest absolute Gasteiger partial charge is 0.417 e. The molecule has 1 N–H and O–H groups in total. The molecular weight excluding hydrogens is 266 g/mol. The Morgan fingerprint density at radius 3 is 1.78 bits per heavy atom. The van der Waals surface area contributed by atoms with Gasteiger partial charge < -0.3 is 5.11 Å². The number of halogens is 6. The molecule has 100 valence electrons. The number of rotatable bonds is 1. The van der Waals surface area contributed by atoms with Crippen molar-refractivity contribution in [2.24, 2.45) is 0 Å². The minimum absolute atomic E-state index is 0.510. The molecule has 0 spiro atoms. The van der Waals surface area contributed by atoms with Gasteiger partial charge in [-0.15, -0.1) is 0 Å². The van der Waals surface area contributed by atoms with E-state index >= 15 is 0 Å². The van der Waals surface area contributed by atoms with E-state index in [1.165, 1.54) is 0 Å². The molecule has 0 radical (unpaired) electrons. The Morgan fingerprint density at radius 2 is 1.44 bits per heavy atom. The molecule has 0 amide bonds. The van der Waals surface area contributed by atoms with Crippen LogP contribution in [0.5, 0.6) is 0 Å². The number of benzene rings is 1. The summed E-state index contributed by atoms with van der Waals surface area (Å²) in [7, 11) is 0. The second-order valence-corrected chi connectivity index (χ2v) is 3.48. The van der Waals surface area contributed by atoms with Gasteiger partial charge in [0.25, 0.3) is 0 Å². The van der Waals surface area contributed by atoms with Gasteiger partial charge in [0.1, 0.15) is 0 Å². The Labute approximate surface area is 96.8 Å². The summed E-state index contributed by atoms with van der Waals surface area (Å²) in [5.74, 6) is -2.06. The summed E-state index contributed by atoms with van der Waals surface area (Å²) in [6.45, 7) is 0.837. The van der Waals surface area contributed by atoms with Crippen molar-refractivity contribution in [1.82, 2.24) is 0 Å². The Bertz CT molecular complexity index is 486. The Balaban J connectivity index is 3.79. The summed E-state index contributed by atoms with van der Waals surface area (Å²) in [6, 6.07) is 1.21. The van der Waals surface area contributed by atoms with Crippen molar-refractivity contribution in [2.45, 2.75) is 19.3 Å². The molecule has 1 aromatic rings. The SMILES string of the molecule is Cc1ccc(C(=O)O)c(C(F)(F)F)c1C(F)(F)F. The van der Waals surface area contributed by atoms with Crippen LogP contribution in [0.4, 0.5) is 26.3 Å². The number of aromatic carboxylic acids is 1. The van der Waals surface area contributed by atoms with E-state index in [2.05, 4.69) is 0 Å². The fraction of sp³-hybridized carbons (Fsp3) is 0.300. The Kier molecular flexibility index (Phi) is 3.33. The summed E-state index contributed by atoms with van der Waals surface area (Å²) in [5, 5.41) is 8.54. The summed E-state index contributed by atoms with van der Waals surface area (Å²) in [5.41, 5.74) is -6.22. The average Bonchev–Trinajstić information content (AvgIpc) is 2.13. The van der Waals surface area contributed by atoms with Gasteiger partial charge in [-0.3, -0.25) is 0 Å². The van der Waals surface area contributed by atoms with Crippen molar-refractivity contribution < 1.29 is 36.2 Å². The molecule has 1 aromatic carbocycles. The second-order valence-electron chi connectivity index (χ2n) is 3.48. The van der Waals surface area contributed by atoms with Crippen molar-refractivity contribution in [2.75, 3.05) is 0 Å². The lowest BCUT2D eigenvalue weighted by Gasteiger charge is -2.19. The van der Waals surface area contributed by atoms with E-state index in [1.54, 1.807) is 0 Å². The van der Waals surface area contributed by atoms with Gasteiger partial charge in [-0.1, -0.05) is 6.07 Å². The van der Waals surface area contributed by atoms with Crippen LogP contribution < -0.4 is 0 Å². The molecule has 0 aliphatic rings. The minimum atomic E-state index is -5.40. The van der Waals surface area contributed by atoms with Crippen molar-refractivity contribution >= 4 is 5.97 Å². The highest BCUT2D eigenvalue weighted by Gasteiger charge is 2.46. The van der Waals surface area contributed by atoms with Crippen LogP contribution in [0.15, 0.2) is 12.1 Å². The molecule has 0 atom stereocenters. The van der Waals surface area contributed by atoms with Gasteiger partial charge in [0, 0.05) is 0 Å². The topological polar surface area (TPSA) is 37.3 Å². The van der Waals surface area contributed by atoms with Crippen LogP contribution >= 0.6 is 0 Å². The van der Waals surface area contributed by atoms with Crippen molar-refractivity contribution in [3.63, 3.8) is 0 Å². The summed E-state index contributed by atoms with van der Waals surface area (Å²) < 4.78 is 75.6. The summed E-state index contributed by atoms with van der Waals surface area (Å²) in [6.07, 6.45) is -10.7. The van der Waals surface area contributed by atoms with Crippen LogP contribution in [0.25, 0.3) is 0 Å². The molecule has 2 nitrogen and oxygen atoms in total.